The Morgan fingerprint density at radius 2 is 1.82 bits per heavy atom. The van der Waals surface area contributed by atoms with E-state index in [0.717, 1.165) is 11.8 Å². The number of aliphatic carboxylic acids is 1. The SMILES string of the molecule is CC(C)NC(=O)NC(=O)CSC(C)(C)C(=O)O. The maximum Gasteiger partial charge on any atom is 0.321 e. The Bertz CT molecular complexity index is 315. The summed E-state index contributed by atoms with van der Waals surface area (Å²) >= 11 is 0.964. The van der Waals surface area contributed by atoms with Crippen LogP contribution >= 0.6 is 11.8 Å². The molecule has 0 heterocycles. The predicted octanol–water partition coefficient (Wildman–Crippen LogP) is 0.817. The number of thioether (sulfide) groups is 1. The standard InChI is InChI=1S/C10H18N2O4S/c1-6(2)11-9(16)12-7(13)5-17-10(3,4)8(14)15/h6H,5H2,1-4H3,(H,14,15)(H2,11,12,13,16). The van der Waals surface area contributed by atoms with Crippen LogP contribution in [0.1, 0.15) is 27.7 Å². The predicted molar refractivity (Wildman–Crippen MR) is 66.0 cm³/mol. The van der Waals surface area contributed by atoms with Gasteiger partial charge in [-0.2, -0.15) is 0 Å². The van der Waals surface area contributed by atoms with Gasteiger partial charge in [0.2, 0.25) is 5.91 Å². The summed E-state index contributed by atoms with van der Waals surface area (Å²) < 4.78 is -1.05. The van der Waals surface area contributed by atoms with Crippen molar-refractivity contribution in [2.45, 2.75) is 38.5 Å². The lowest BCUT2D eigenvalue weighted by Gasteiger charge is -2.17. The van der Waals surface area contributed by atoms with Crippen molar-refractivity contribution in [3.63, 3.8) is 0 Å². The van der Waals surface area contributed by atoms with Crippen molar-refractivity contribution < 1.29 is 19.5 Å². The van der Waals surface area contributed by atoms with Crippen LogP contribution in [0.5, 0.6) is 0 Å². The zero-order valence-electron chi connectivity index (χ0n) is 10.4. The molecule has 7 heteroatoms. The molecule has 3 amide bonds. The lowest BCUT2D eigenvalue weighted by atomic mass is 10.2. The fraction of sp³-hybridized carbons (Fsp3) is 0.700. The van der Waals surface area contributed by atoms with E-state index in [1.807, 2.05) is 0 Å². The molecule has 0 aromatic carbocycles. The third-order valence-corrected chi connectivity index (χ3v) is 3.05. The van der Waals surface area contributed by atoms with E-state index in [2.05, 4.69) is 10.6 Å². The average molecular weight is 262 g/mol. The normalized spacial score (nSPS) is 11.1. The summed E-state index contributed by atoms with van der Waals surface area (Å²) in [5.74, 6) is -1.59. The molecule has 0 saturated heterocycles. The van der Waals surface area contributed by atoms with E-state index in [9.17, 15) is 14.4 Å². The number of carboxylic acid groups (broad SMARTS) is 1. The van der Waals surface area contributed by atoms with Gasteiger partial charge in [-0.05, 0) is 27.7 Å². The third-order valence-electron chi connectivity index (χ3n) is 1.75. The van der Waals surface area contributed by atoms with Crippen LogP contribution in [-0.4, -0.2) is 39.6 Å². The monoisotopic (exact) mass is 262 g/mol. The van der Waals surface area contributed by atoms with Crippen molar-refractivity contribution in [3.05, 3.63) is 0 Å². The first-order valence-electron chi connectivity index (χ1n) is 5.13. The number of carbonyl (C=O) groups excluding carboxylic acids is 2. The molecule has 3 N–H and O–H groups in total. The molecule has 0 atom stereocenters. The van der Waals surface area contributed by atoms with Crippen LogP contribution in [0.2, 0.25) is 0 Å². The number of imide groups is 1. The Kier molecular flexibility index (Phi) is 6.01. The van der Waals surface area contributed by atoms with Crippen LogP contribution in [0, 0.1) is 0 Å². The molecule has 0 saturated carbocycles. The first-order chi connectivity index (χ1) is 7.65. The van der Waals surface area contributed by atoms with Gasteiger partial charge < -0.3 is 10.4 Å². The molecule has 0 aromatic rings. The molecular weight excluding hydrogens is 244 g/mol. The molecule has 0 aliphatic heterocycles. The van der Waals surface area contributed by atoms with Crippen LogP contribution < -0.4 is 10.6 Å². The summed E-state index contributed by atoms with van der Waals surface area (Å²) in [4.78, 5) is 33.2. The van der Waals surface area contributed by atoms with Gasteiger partial charge in [-0.15, -0.1) is 11.8 Å². The van der Waals surface area contributed by atoms with Gasteiger partial charge in [0.1, 0.15) is 4.75 Å². The fourth-order valence-electron chi connectivity index (χ4n) is 0.769. The van der Waals surface area contributed by atoms with Gasteiger partial charge in [-0.25, -0.2) is 4.79 Å². The molecule has 17 heavy (non-hydrogen) atoms. The largest absolute Gasteiger partial charge is 0.480 e. The Hall–Kier alpha value is -1.24. The van der Waals surface area contributed by atoms with E-state index >= 15 is 0 Å². The zero-order chi connectivity index (χ0) is 13.6. The van der Waals surface area contributed by atoms with Crippen molar-refractivity contribution in [3.8, 4) is 0 Å². The maximum atomic E-state index is 11.3. The van der Waals surface area contributed by atoms with E-state index in [-0.39, 0.29) is 11.8 Å². The van der Waals surface area contributed by atoms with Crippen LogP contribution in [0.4, 0.5) is 4.79 Å². The number of hydrogen-bond donors (Lipinski definition) is 3. The highest BCUT2D eigenvalue weighted by Crippen LogP contribution is 2.23. The highest BCUT2D eigenvalue weighted by molar-refractivity contribution is 8.01. The highest BCUT2D eigenvalue weighted by Gasteiger charge is 2.28. The van der Waals surface area contributed by atoms with Gasteiger partial charge >= 0.3 is 12.0 Å². The van der Waals surface area contributed by atoms with Crippen molar-refractivity contribution in [2.75, 3.05) is 5.75 Å². The highest BCUT2D eigenvalue weighted by atomic mass is 32.2. The number of nitrogens with one attached hydrogen (secondary N) is 2. The first kappa shape index (κ1) is 15.8. The van der Waals surface area contributed by atoms with Crippen molar-refractivity contribution >= 4 is 29.7 Å². The molecule has 0 rings (SSSR count). The lowest BCUT2D eigenvalue weighted by molar-refractivity contribution is -0.138. The van der Waals surface area contributed by atoms with Crippen LogP contribution in [0.15, 0.2) is 0 Å². The summed E-state index contributed by atoms with van der Waals surface area (Å²) in [6.45, 7) is 6.54. The van der Waals surface area contributed by atoms with Crippen molar-refractivity contribution in [2.24, 2.45) is 0 Å². The van der Waals surface area contributed by atoms with Gasteiger partial charge in [0, 0.05) is 6.04 Å². The van der Waals surface area contributed by atoms with Gasteiger partial charge in [0.05, 0.1) is 5.75 Å². The summed E-state index contributed by atoms with van der Waals surface area (Å²) in [6, 6.07) is -0.635. The molecule has 0 aliphatic carbocycles. The van der Waals surface area contributed by atoms with Crippen LogP contribution in [0.3, 0.4) is 0 Å². The number of carbonyl (C=O) groups is 3. The summed E-state index contributed by atoms with van der Waals surface area (Å²) in [5, 5.41) is 13.4. The van der Waals surface area contributed by atoms with Gasteiger partial charge in [-0.3, -0.25) is 14.9 Å². The van der Waals surface area contributed by atoms with E-state index in [1.54, 1.807) is 13.8 Å². The quantitative estimate of drug-likeness (QED) is 0.681. The number of urea groups is 1. The minimum atomic E-state index is -1.05. The molecular formula is C10H18N2O4S. The molecule has 0 bridgehead atoms. The zero-order valence-corrected chi connectivity index (χ0v) is 11.2. The summed E-state index contributed by atoms with van der Waals surface area (Å²) in [7, 11) is 0. The molecule has 0 unspecified atom stereocenters. The van der Waals surface area contributed by atoms with Crippen LogP contribution in [0.25, 0.3) is 0 Å². The molecule has 0 spiro atoms. The number of rotatable bonds is 5. The van der Waals surface area contributed by atoms with E-state index in [0.29, 0.717) is 0 Å². The second-order valence-electron chi connectivity index (χ2n) is 4.28. The number of carboxylic acids is 1. The molecule has 98 valence electrons. The Labute approximate surface area is 105 Å². The minimum Gasteiger partial charge on any atom is -0.480 e. The first-order valence-corrected chi connectivity index (χ1v) is 6.11. The summed E-state index contributed by atoms with van der Waals surface area (Å²) in [6.07, 6.45) is 0. The second-order valence-corrected chi connectivity index (χ2v) is 5.88. The Morgan fingerprint density at radius 3 is 2.24 bits per heavy atom. The molecule has 0 aromatic heterocycles. The smallest absolute Gasteiger partial charge is 0.321 e. The average Bonchev–Trinajstić information content (AvgIpc) is 2.13. The number of amides is 3. The number of hydrogen-bond acceptors (Lipinski definition) is 4. The molecule has 0 radical (unpaired) electrons. The summed E-state index contributed by atoms with van der Waals surface area (Å²) in [5.41, 5.74) is 0. The topological polar surface area (TPSA) is 95.5 Å². The molecule has 0 fully saturated rings. The lowest BCUT2D eigenvalue weighted by Crippen LogP contribution is -2.43. The minimum absolute atomic E-state index is 0.0640. The van der Waals surface area contributed by atoms with E-state index < -0.39 is 22.7 Å². The van der Waals surface area contributed by atoms with Crippen LogP contribution in [-0.2, 0) is 9.59 Å². The second kappa shape index (κ2) is 6.48. The van der Waals surface area contributed by atoms with Gasteiger partial charge in [-0.1, -0.05) is 0 Å². The van der Waals surface area contributed by atoms with Gasteiger partial charge in [0.25, 0.3) is 0 Å². The maximum absolute atomic E-state index is 11.3. The Balaban J connectivity index is 4.04. The molecule has 6 nitrogen and oxygen atoms in total. The van der Waals surface area contributed by atoms with Crippen molar-refractivity contribution in [1.82, 2.24) is 10.6 Å². The Morgan fingerprint density at radius 1 is 1.29 bits per heavy atom. The van der Waals surface area contributed by atoms with E-state index in [1.165, 1.54) is 13.8 Å². The van der Waals surface area contributed by atoms with E-state index in [4.69, 9.17) is 5.11 Å². The fourth-order valence-corrected chi connectivity index (χ4v) is 1.46. The van der Waals surface area contributed by atoms with Crippen molar-refractivity contribution in [1.29, 1.82) is 0 Å². The molecule has 0 aliphatic rings. The van der Waals surface area contributed by atoms with Gasteiger partial charge in [0.15, 0.2) is 0 Å². The third kappa shape index (κ3) is 6.83.